The van der Waals surface area contributed by atoms with Crippen LogP contribution < -0.4 is 0 Å². The topological polar surface area (TPSA) is 0 Å². The third-order valence-electron chi connectivity index (χ3n) is 7.77. The van der Waals surface area contributed by atoms with Gasteiger partial charge in [0, 0.05) is 49.8 Å². The highest BCUT2D eigenvalue weighted by Gasteiger charge is 2.43. The average Bonchev–Trinajstić information content (AvgIpc) is 3.58. The van der Waals surface area contributed by atoms with Gasteiger partial charge in [0.2, 0.25) is 0 Å². The van der Waals surface area contributed by atoms with E-state index in [0.717, 1.165) is 0 Å². The molecule has 0 bridgehead atoms. The van der Waals surface area contributed by atoms with Gasteiger partial charge in [0.25, 0.3) is 0 Å². The molecule has 170 valence electrons. The Labute approximate surface area is 217 Å². The first-order chi connectivity index (χ1) is 16.1. The van der Waals surface area contributed by atoms with E-state index in [1.165, 1.54) is 72.4 Å². The molecular weight excluding hydrogens is 489 g/mol. The third-order valence-corrected chi connectivity index (χ3v) is 12.5. The van der Waals surface area contributed by atoms with E-state index in [9.17, 15) is 0 Å². The van der Waals surface area contributed by atoms with E-state index >= 15 is 0 Å². The molecule has 0 saturated heterocycles. The Morgan fingerprint density at radius 2 is 0.882 bits per heavy atom. The fourth-order valence-corrected chi connectivity index (χ4v) is 10.4. The van der Waals surface area contributed by atoms with Crippen LogP contribution in [-0.4, -0.2) is 0 Å². The highest BCUT2D eigenvalue weighted by atomic mass is 32.1. The van der Waals surface area contributed by atoms with Crippen LogP contribution in [0.25, 0.3) is 40.4 Å². The summed E-state index contributed by atoms with van der Waals surface area (Å²) >= 11 is 7.77. The van der Waals surface area contributed by atoms with Gasteiger partial charge in [0.15, 0.2) is 0 Å². The van der Waals surface area contributed by atoms with Crippen molar-refractivity contribution in [3.63, 3.8) is 0 Å². The number of hydrogen-bond acceptors (Lipinski definition) is 4. The monoisotopic (exact) mass is 514 g/mol. The maximum Gasteiger partial charge on any atom is 0.0452 e. The molecule has 2 aliphatic carbocycles. The lowest BCUT2D eigenvalue weighted by molar-refractivity contribution is 0.653. The zero-order valence-corrected chi connectivity index (χ0v) is 23.5. The van der Waals surface area contributed by atoms with Crippen molar-refractivity contribution in [2.75, 3.05) is 0 Å². The minimum atomic E-state index is 0.0264. The smallest absolute Gasteiger partial charge is 0.0452 e. The van der Waals surface area contributed by atoms with Crippen molar-refractivity contribution in [1.29, 1.82) is 0 Å². The molecule has 4 heterocycles. The molecule has 0 radical (unpaired) electrons. The fourth-order valence-electron chi connectivity index (χ4n) is 5.79. The molecule has 0 nitrogen and oxygen atoms in total. The maximum atomic E-state index is 2.54. The highest BCUT2D eigenvalue weighted by Crippen LogP contribution is 2.60. The van der Waals surface area contributed by atoms with E-state index in [-0.39, 0.29) is 10.8 Å². The lowest BCUT2D eigenvalue weighted by Gasteiger charge is -2.24. The van der Waals surface area contributed by atoms with Crippen LogP contribution in [0.4, 0.5) is 0 Å². The zero-order chi connectivity index (χ0) is 23.6. The van der Waals surface area contributed by atoms with E-state index in [1.807, 2.05) is 45.3 Å². The fraction of sp³-hybridized carbons (Fsp3) is 0.267. The number of rotatable bonds is 2. The minimum absolute atomic E-state index is 0.0264. The summed E-state index contributed by atoms with van der Waals surface area (Å²) in [6.07, 6.45) is 0. The van der Waals surface area contributed by atoms with Crippen LogP contribution in [0.15, 0.2) is 48.5 Å². The second-order valence-corrected chi connectivity index (χ2v) is 15.4. The summed E-state index contributed by atoms with van der Waals surface area (Å²) in [5.74, 6) is 0. The maximum absolute atomic E-state index is 2.54. The first kappa shape index (κ1) is 21.3. The quantitative estimate of drug-likeness (QED) is 0.220. The predicted octanol–water partition coefficient (Wildman–Crippen LogP) is 10.5. The summed E-state index contributed by atoms with van der Waals surface area (Å²) in [4.78, 5) is 11.3. The summed E-state index contributed by atoms with van der Waals surface area (Å²) < 4.78 is 0. The lowest BCUT2D eigenvalue weighted by Crippen LogP contribution is -2.16. The Balaban J connectivity index is 1.40. The molecule has 2 aliphatic rings. The molecule has 5 aromatic rings. The number of aryl methyl sites for hydroxylation is 2. The summed E-state index contributed by atoms with van der Waals surface area (Å²) in [7, 11) is 0. The SMILES string of the molecule is Cc1ccc(-c2cc3c(s2)-c2cc4c(cc2C3(C)C)-c2sc(-c3ccc(C)s3)cc2C4(C)C)s1. The van der Waals surface area contributed by atoms with E-state index in [1.54, 1.807) is 0 Å². The number of hydrogen-bond donors (Lipinski definition) is 0. The Morgan fingerprint density at radius 3 is 1.24 bits per heavy atom. The van der Waals surface area contributed by atoms with Crippen molar-refractivity contribution < 1.29 is 0 Å². The minimum Gasteiger partial charge on any atom is -0.140 e. The van der Waals surface area contributed by atoms with E-state index < -0.39 is 0 Å². The zero-order valence-electron chi connectivity index (χ0n) is 20.3. The van der Waals surface area contributed by atoms with Gasteiger partial charge in [-0.15, -0.1) is 45.3 Å². The van der Waals surface area contributed by atoms with Gasteiger partial charge in [-0.3, -0.25) is 0 Å². The number of fused-ring (bicyclic) bond motifs is 6. The van der Waals surface area contributed by atoms with Gasteiger partial charge in [0.05, 0.1) is 0 Å². The molecule has 4 heteroatoms. The van der Waals surface area contributed by atoms with Gasteiger partial charge in [-0.1, -0.05) is 27.7 Å². The lowest BCUT2D eigenvalue weighted by atomic mass is 9.79. The van der Waals surface area contributed by atoms with E-state index in [0.29, 0.717) is 0 Å². The van der Waals surface area contributed by atoms with Gasteiger partial charge in [0.1, 0.15) is 0 Å². The normalized spacial score (nSPS) is 16.4. The van der Waals surface area contributed by atoms with Crippen LogP contribution in [0.2, 0.25) is 0 Å². The van der Waals surface area contributed by atoms with Crippen molar-refractivity contribution in [3.05, 3.63) is 80.5 Å². The first-order valence-electron chi connectivity index (χ1n) is 11.8. The van der Waals surface area contributed by atoms with Crippen LogP contribution in [0.1, 0.15) is 59.7 Å². The molecule has 4 aromatic heterocycles. The van der Waals surface area contributed by atoms with Gasteiger partial charge in [-0.25, -0.2) is 0 Å². The Bertz CT molecular complexity index is 1500. The molecule has 0 fully saturated rings. The van der Waals surface area contributed by atoms with Crippen molar-refractivity contribution in [2.45, 2.75) is 52.4 Å². The molecule has 0 amide bonds. The summed E-state index contributed by atoms with van der Waals surface area (Å²) in [5.41, 5.74) is 8.95. The van der Waals surface area contributed by atoms with Crippen LogP contribution >= 0.6 is 45.3 Å². The molecule has 1 aromatic carbocycles. The molecule has 0 saturated carbocycles. The standard InChI is InChI=1S/C30H26S4/c1-15-7-9-23(31-15)25-13-21-27(33-25)17-11-20-18(12-19(17)29(21,3)4)28-22(30(20,5)6)14-26(34-28)24-10-8-16(2)32-24/h7-14H,1-6H3. The molecule has 0 spiro atoms. The molecular formula is C30H26S4. The number of benzene rings is 1. The van der Waals surface area contributed by atoms with Crippen LogP contribution in [0, 0.1) is 13.8 Å². The molecule has 0 unspecified atom stereocenters. The first-order valence-corrected chi connectivity index (χ1v) is 15.0. The van der Waals surface area contributed by atoms with E-state index in [2.05, 4.69) is 90.1 Å². The van der Waals surface area contributed by atoms with Crippen molar-refractivity contribution in [1.82, 2.24) is 0 Å². The van der Waals surface area contributed by atoms with Gasteiger partial charge < -0.3 is 0 Å². The van der Waals surface area contributed by atoms with Crippen LogP contribution in [0.3, 0.4) is 0 Å². The molecule has 34 heavy (non-hydrogen) atoms. The van der Waals surface area contributed by atoms with Gasteiger partial charge >= 0.3 is 0 Å². The summed E-state index contributed by atoms with van der Waals surface area (Å²) in [6.45, 7) is 14.0. The predicted molar refractivity (Wildman–Crippen MR) is 153 cm³/mol. The van der Waals surface area contributed by atoms with Gasteiger partial charge in [-0.2, -0.15) is 0 Å². The summed E-state index contributed by atoms with van der Waals surface area (Å²) in [5, 5.41) is 0. The van der Waals surface area contributed by atoms with Crippen molar-refractivity contribution in [3.8, 4) is 40.4 Å². The van der Waals surface area contributed by atoms with Crippen molar-refractivity contribution >= 4 is 45.3 Å². The largest absolute Gasteiger partial charge is 0.140 e. The van der Waals surface area contributed by atoms with Crippen LogP contribution in [-0.2, 0) is 10.8 Å². The van der Waals surface area contributed by atoms with E-state index in [4.69, 9.17) is 0 Å². The summed E-state index contributed by atoms with van der Waals surface area (Å²) in [6, 6.07) is 19.1. The Morgan fingerprint density at radius 1 is 0.471 bits per heavy atom. The third kappa shape index (κ3) is 2.74. The average molecular weight is 515 g/mol. The second kappa shape index (κ2) is 6.82. The Kier molecular flexibility index (Phi) is 4.28. The van der Waals surface area contributed by atoms with Crippen LogP contribution in [0.5, 0.6) is 0 Å². The molecule has 0 N–H and O–H groups in total. The highest BCUT2D eigenvalue weighted by molar-refractivity contribution is 7.24. The number of thiophene rings is 4. The molecule has 7 rings (SSSR count). The van der Waals surface area contributed by atoms with Crippen molar-refractivity contribution in [2.24, 2.45) is 0 Å². The molecule has 0 atom stereocenters. The second-order valence-electron chi connectivity index (χ2n) is 10.7. The Hall–Kier alpha value is -1.98. The molecule has 0 aliphatic heterocycles. The van der Waals surface area contributed by atoms with Gasteiger partial charge in [-0.05, 0) is 95.8 Å².